The summed E-state index contributed by atoms with van der Waals surface area (Å²) in [5, 5.41) is 5.62. The molecule has 9 nitrogen and oxygen atoms in total. The van der Waals surface area contributed by atoms with E-state index in [1.54, 1.807) is 26.8 Å². The van der Waals surface area contributed by atoms with Gasteiger partial charge in [-0.15, -0.1) is 0 Å². The molecular formula is C31H44N4O5. The van der Waals surface area contributed by atoms with E-state index in [0.29, 0.717) is 11.3 Å². The summed E-state index contributed by atoms with van der Waals surface area (Å²) in [5.74, 6) is -1.56. The second-order valence-electron chi connectivity index (χ2n) is 12.1. The summed E-state index contributed by atoms with van der Waals surface area (Å²) in [7, 11) is 0. The summed E-state index contributed by atoms with van der Waals surface area (Å²) in [6.07, 6.45) is -1.01. The van der Waals surface area contributed by atoms with Gasteiger partial charge in [0.1, 0.15) is 17.7 Å². The minimum absolute atomic E-state index is 0.0566. The number of aryl methyl sites for hydroxylation is 2. The molecule has 0 spiro atoms. The molecule has 0 bridgehead atoms. The second-order valence-corrected chi connectivity index (χ2v) is 12.1. The van der Waals surface area contributed by atoms with E-state index in [9.17, 15) is 19.2 Å². The van der Waals surface area contributed by atoms with Crippen molar-refractivity contribution in [2.75, 3.05) is 5.32 Å². The first-order chi connectivity index (χ1) is 18.4. The summed E-state index contributed by atoms with van der Waals surface area (Å²) >= 11 is 0. The maximum atomic E-state index is 14.4. The number of ether oxygens (including phenoxy) is 1. The molecule has 4 N–H and O–H groups in total. The zero-order valence-corrected chi connectivity index (χ0v) is 25.2. The van der Waals surface area contributed by atoms with Gasteiger partial charge in [-0.2, -0.15) is 0 Å². The highest BCUT2D eigenvalue weighted by Crippen LogP contribution is 2.34. The molecular weight excluding hydrogens is 508 g/mol. The van der Waals surface area contributed by atoms with Crippen LogP contribution in [0.2, 0.25) is 0 Å². The number of hydrogen-bond acceptors (Lipinski definition) is 5. The van der Waals surface area contributed by atoms with Crippen molar-refractivity contribution < 1.29 is 23.9 Å². The summed E-state index contributed by atoms with van der Waals surface area (Å²) < 4.78 is 5.39. The van der Waals surface area contributed by atoms with Crippen molar-refractivity contribution in [3.63, 3.8) is 0 Å². The summed E-state index contributed by atoms with van der Waals surface area (Å²) in [6, 6.07) is 10.8. The van der Waals surface area contributed by atoms with Gasteiger partial charge in [0.25, 0.3) is 5.91 Å². The molecule has 0 aromatic heterocycles. The number of primary amides is 1. The Labute approximate surface area is 237 Å². The molecule has 0 aliphatic rings. The molecule has 2 atom stereocenters. The number of anilines is 1. The molecule has 0 radical (unpaired) electrons. The van der Waals surface area contributed by atoms with Gasteiger partial charge >= 0.3 is 6.09 Å². The number of alkyl carbamates (subject to hydrolysis) is 1. The fraction of sp³-hybridized carbons (Fsp3) is 0.484. The highest BCUT2D eigenvalue weighted by molar-refractivity contribution is 6.00. The van der Waals surface area contributed by atoms with E-state index in [2.05, 4.69) is 10.6 Å². The molecule has 9 heteroatoms. The lowest BCUT2D eigenvalue weighted by Crippen LogP contribution is -2.58. The van der Waals surface area contributed by atoms with E-state index in [1.165, 1.54) is 4.90 Å². The molecule has 218 valence electrons. The highest BCUT2D eigenvalue weighted by atomic mass is 16.6. The van der Waals surface area contributed by atoms with Crippen molar-refractivity contribution >= 4 is 29.5 Å². The standard InChI is InChI=1S/C31H44N4O5/c1-19-14-12-15-22(21(19)3)26(27(37)33-23-16-11-10-13-20(23)2)35(30(4,5)6)28(38)24(17-18-25(32)36)34-29(39)40-31(7,8)9/h10-16,24,26H,17-18H2,1-9H3,(H2,32,36)(H,33,37)(H,34,39). The Morgan fingerprint density at radius 2 is 1.50 bits per heavy atom. The first-order valence-corrected chi connectivity index (χ1v) is 13.5. The molecule has 2 aromatic carbocycles. The summed E-state index contributed by atoms with van der Waals surface area (Å²) in [5.41, 5.74) is 7.70. The molecule has 0 aliphatic carbocycles. The Kier molecular flexibility index (Phi) is 10.5. The normalized spacial score (nSPS) is 13.1. The SMILES string of the molecule is Cc1ccccc1NC(=O)C(c1cccc(C)c1C)N(C(=O)C(CCC(N)=O)NC(=O)OC(C)(C)C)C(C)(C)C. The Balaban J connectivity index is 2.67. The molecule has 2 aromatic rings. The average molecular weight is 553 g/mol. The van der Waals surface area contributed by atoms with Crippen LogP contribution in [0, 0.1) is 20.8 Å². The van der Waals surface area contributed by atoms with Crippen LogP contribution in [0.15, 0.2) is 42.5 Å². The predicted octanol–water partition coefficient (Wildman–Crippen LogP) is 5.08. The Morgan fingerprint density at radius 3 is 2.05 bits per heavy atom. The number of carbonyl (C=O) groups is 4. The monoisotopic (exact) mass is 552 g/mol. The van der Waals surface area contributed by atoms with Crippen molar-refractivity contribution in [1.29, 1.82) is 0 Å². The van der Waals surface area contributed by atoms with E-state index in [-0.39, 0.29) is 12.8 Å². The van der Waals surface area contributed by atoms with E-state index in [1.807, 2.05) is 77.9 Å². The fourth-order valence-electron chi connectivity index (χ4n) is 4.39. The topological polar surface area (TPSA) is 131 Å². The number of hydrogen-bond donors (Lipinski definition) is 3. The molecule has 2 rings (SSSR count). The number of para-hydroxylation sites is 1. The third-order valence-corrected chi connectivity index (χ3v) is 6.48. The summed E-state index contributed by atoms with van der Waals surface area (Å²) in [4.78, 5) is 54.4. The average Bonchev–Trinajstić information content (AvgIpc) is 2.81. The van der Waals surface area contributed by atoms with Crippen LogP contribution in [-0.2, 0) is 19.1 Å². The lowest BCUT2D eigenvalue weighted by atomic mass is 9.91. The second kappa shape index (κ2) is 13.0. The number of benzene rings is 2. The van der Waals surface area contributed by atoms with Crippen LogP contribution in [0.5, 0.6) is 0 Å². The Hall–Kier alpha value is -3.88. The van der Waals surface area contributed by atoms with E-state index < -0.39 is 47.0 Å². The zero-order valence-electron chi connectivity index (χ0n) is 25.2. The zero-order chi connectivity index (χ0) is 30.4. The predicted molar refractivity (Wildman–Crippen MR) is 157 cm³/mol. The van der Waals surface area contributed by atoms with Crippen molar-refractivity contribution in [3.05, 3.63) is 64.7 Å². The maximum absolute atomic E-state index is 14.4. The van der Waals surface area contributed by atoms with Crippen LogP contribution in [0.4, 0.5) is 10.5 Å². The van der Waals surface area contributed by atoms with Crippen LogP contribution in [0.1, 0.15) is 82.7 Å². The molecule has 0 saturated heterocycles. The number of rotatable bonds is 9. The molecule has 0 fully saturated rings. The van der Waals surface area contributed by atoms with Crippen molar-refractivity contribution in [2.24, 2.45) is 5.73 Å². The molecule has 0 heterocycles. The van der Waals surface area contributed by atoms with Crippen LogP contribution in [-0.4, -0.2) is 45.9 Å². The molecule has 40 heavy (non-hydrogen) atoms. The first kappa shape index (κ1) is 32.3. The number of amides is 4. The van der Waals surface area contributed by atoms with Crippen molar-refractivity contribution in [3.8, 4) is 0 Å². The fourth-order valence-corrected chi connectivity index (χ4v) is 4.39. The quantitative estimate of drug-likeness (QED) is 0.399. The first-order valence-electron chi connectivity index (χ1n) is 13.5. The third-order valence-electron chi connectivity index (χ3n) is 6.48. The van der Waals surface area contributed by atoms with Crippen LogP contribution < -0.4 is 16.4 Å². The van der Waals surface area contributed by atoms with E-state index in [4.69, 9.17) is 10.5 Å². The lowest BCUT2D eigenvalue weighted by molar-refractivity contribution is -0.147. The van der Waals surface area contributed by atoms with Crippen LogP contribution in [0.25, 0.3) is 0 Å². The van der Waals surface area contributed by atoms with Crippen molar-refractivity contribution in [2.45, 2.75) is 98.4 Å². The third kappa shape index (κ3) is 8.83. The van der Waals surface area contributed by atoms with Gasteiger partial charge in [0.2, 0.25) is 11.8 Å². The highest BCUT2D eigenvalue weighted by Gasteiger charge is 2.42. The minimum Gasteiger partial charge on any atom is -0.444 e. The molecule has 0 aliphatic heterocycles. The van der Waals surface area contributed by atoms with Gasteiger partial charge in [-0.05, 0) is 97.1 Å². The number of nitrogens with two attached hydrogens (primary N) is 1. The number of nitrogens with zero attached hydrogens (tertiary/aromatic N) is 1. The minimum atomic E-state index is -1.17. The van der Waals surface area contributed by atoms with Gasteiger partial charge in [-0.25, -0.2) is 4.79 Å². The smallest absolute Gasteiger partial charge is 0.408 e. The van der Waals surface area contributed by atoms with Crippen LogP contribution >= 0.6 is 0 Å². The van der Waals surface area contributed by atoms with Gasteiger partial charge in [-0.1, -0.05) is 36.4 Å². The van der Waals surface area contributed by atoms with Gasteiger partial charge in [0, 0.05) is 17.6 Å². The van der Waals surface area contributed by atoms with Gasteiger partial charge < -0.3 is 26.0 Å². The van der Waals surface area contributed by atoms with Crippen LogP contribution in [0.3, 0.4) is 0 Å². The summed E-state index contributed by atoms with van der Waals surface area (Å²) in [6.45, 7) is 16.3. The number of nitrogens with one attached hydrogen (secondary N) is 2. The maximum Gasteiger partial charge on any atom is 0.408 e. The van der Waals surface area contributed by atoms with E-state index >= 15 is 0 Å². The van der Waals surface area contributed by atoms with Gasteiger partial charge in [0.15, 0.2) is 0 Å². The number of carbonyl (C=O) groups excluding carboxylic acids is 4. The largest absolute Gasteiger partial charge is 0.444 e. The van der Waals surface area contributed by atoms with Gasteiger partial charge in [0.05, 0.1) is 0 Å². The Morgan fingerprint density at radius 1 is 0.900 bits per heavy atom. The molecule has 0 saturated carbocycles. The van der Waals surface area contributed by atoms with Gasteiger partial charge in [-0.3, -0.25) is 14.4 Å². The lowest BCUT2D eigenvalue weighted by Gasteiger charge is -2.43. The molecule has 2 unspecified atom stereocenters. The molecule has 4 amide bonds. The van der Waals surface area contributed by atoms with E-state index in [0.717, 1.165) is 16.7 Å². The Bertz CT molecular complexity index is 1240. The van der Waals surface area contributed by atoms with Crippen molar-refractivity contribution in [1.82, 2.24) is 10.2 Å².